The standard InChI is InChI=1S/C14H22N2O4S/c1-16(11-13-5-3-2-4-6-13)21(18,19)15-12-14(17)7-9-20-10-8-14/h2-6,15,17H,7-12H2,1H3. The Morgan fingerprint density at radius 3 is 2.52 bits per heavy atom. The molecular formula is C14H22N2O4S. The molecule has 6 nitrogen and oxygen atoms in total. The Bertz CT molecular complexity index is 541. The van der Waals surface area contributed by atoms with Gasteiger partial charge < -0.3 is 9.84 Å². The van der Waals surface area contributed by atoms with Crippen molar-refractivity contribution in [1.82, 2.24) is 9.03 Å². The minimum atomic E-state index is -3.61. The molecule has 21 heavy (non-hydrogen) atoms. The molecule has 2 rings (SSSR count). The van der Waals surface area contributed by atoms with Crippen LogP contribution < -0.4 is 4.72 Å². The van der Waals surface area contributed by atoms with Crippen LogP contribution in [0.25, 0.3) is 0 Å². The highest BCUT2D eigenvalue weighted by molar-refractivity contribution is 7.87. The van der Waals surface area contributed by atoms with E-state index in [1.165, 1.54) is 11.4 Å². The minimum Gasteiger partial charge on any atom is -0.388 e. The van der Waals surface area contributed by atoms with E-state index < -0.39 is 15.8 Å². The summed E-state index contributed by atoms with van der Waals surface area (Å²) >= 11 is 0. The van der Waals surface area contributed by atoms with Crippen LogP contribution in [0.3, 0.4) is 0 Å². The first kappa shape index (κ1) is 16.4. The molecule has 1 aromatic carbocycles. The number of ether oxygens (including phenoxy) is 1. The van der Waals surface area contributed by atoms with E-state index in [9.17, 15) is 13.5 Å². The van der Waals surface area contributed by atoms with Gasteiger partial charge in [0.1, 0.15) is 0 Å². The van der Waals surface area contributed by atoms with Gasteiger partial charge in [0.25, 0.3) is 10.2 Å². The molecule has 118 valence electrons. The average molecular weight is 314 g/mol. The van der Waals surface area contributed by atoms with Gasteiger partial charge >= 0.3 is 0 Å². The first-order chi connectivity index (χ1) is 9.91. The average Bonchev–Trinajstić information content (AvgIpc) is 2.47. The highest BCUT2D eigenvalue weighted by Crippen LogP contribution is 2.19. The van der Waals surface area contributed by atoms with Crippen LogP contribution in [0.4, 0.5) is 0 Å². The van der Waals surface area contributed by atoms with Crippen LogP contribution in [0.1, 0.15) is 18.4 Å². The van der Waals surface area contributed by atoms with E-state index in [1.807, 2.05) is 30.3 Å². The zero-order valence-electron chi connectivity index (χ0n) is 12.2. The summed E-state index contributed by atoms with van der Waals surface area (Å²) in [6, 6.07) is 9.37. The second-order valence-electron chi connectivity index (χ2n) is 5.40. The van der Waals surface area contributed by atoms with Gasteiger partial charge in [-0.15, -0.1) is 0 Å². The lowest BCUT2D eigenvalue weighted by atomic mass is 9.95. The van der Waals surface area contributed by atoms with Crippen LogP contribution in [0.2, 0.25) is 0 Å². The zero-order chi connectivity index (χ0) is 15.3. The number of rotatable bonds is 6. The van der Waals surface area contributed by atoms with Crippen molar-refractivity contribution in [3.8, 4) is 0 Å². The maximum absolute atomic E-state index is 12.2. The highest BCUT2D eigenvalue weighted by Gasteiger charge is 2.32. The van der Waals surface area contributed by atoms with E-state index >= 15 is 0 Å². The fraction of sp³-hybridized carbons (Fsp3) is 0.571. The molecule has 0 saturated carbocycles. The molecule has 0 amide bonds. The summed E-state index contributed by atoms with van der Waals surface area (Å²) in [5.41, 5.74) is -0.103. The summed E-state index contributed by atoms with van der Waals surface area (Å²) in [6.07, 6.45) is 0.885. The highest BCUT2D eigenvalue weighted by atomic mass is 32.2. The van der Waals surface area contributed by atoms with Gasteiger partial charge in [-0.25, -0.2) is 0 Å². The Morgan fingerprint density at radius 1 is 1.29 bits per heavy atom. The Hall–Kier alpha value is -0.990. The summed E-state index contributed by atoms with van der Waals surface area (Å²) in [5.74, 6) is 0. The normalized spacial score (nSPS) is 18.8. The number of nitrogens with zero attached hydrogens (tertiary/aromatic N) is 1. The molecule has 1 aromatic rings. The molecule has 1 heterocycles. The van der Waals surface area contributed by atoms with E-state index in [1.54, 1.807) is 0 Å². The predicted octanol–water partition coefficient (Wildman–Crippen LogP) is 0.494. The van der Waals surface area contributed by atoms with Gasteiger partial charge in [0.15, 0.2) is 0 Å². The van der Waals surface area contributed by atoms with Crippen LogP contribution in [0, 0.1) is 0 Å². The van der Waals surface area contributed by atoms with Crippen molar-refractivity contribution in [2.24, 2.45) is 0 Å². The zero-order valence-corrected chi connectivity index (χ0v) is 13.0. The van der Waals surface area contributed by atoms with Crippen molar-refractivity contribution in [1.29, 1.82) is 0 Å². The molecule has 0 unspecified atom stereocenters. The first-order valence-corrected chi connectivity index (χ1v) is 8.40. The molecule has 0 bridgehead atoms. The molecule has 0 atom stereocenters. The van der Waals surface area contributed by atoms with Crippen LogP contribution in [-0.4, -0.2) is 50.2 Å². The third-order valence-electron chi connectivity index (χ3n) is 3.67. The Balaban J connectivity index is 1.91. The number of hydrogen-bond donors (Lipinski definition) is 2. The molecule has 1 saturated heterocycles. The van der Waals surface area contributed by atoms with Crippen molar-refractivity contribution in [2.75, 3.05) is 26.8 Å². The molecule has 0 spiro atoms. The van der Waals surface area contributed by atoms with E-state index in [2.05, 4.69) is 4.72 Å². The molecular weight excluding hydrogens is 292 g/mol. The summed E-state index contributed by atoms with van der Waals surface area (Å²) in [5, 5.41) is 10.3. The van der Waals surface area contributed by atoms with Gasteiger partial charge in [-0.05, 0) is 5.56 Å². The van der Waals surface area contributed by atoms with Crippen LogP contribution >= 0.6 is 0 Å². The lowest BCUT2D eigenvalue weighted by Gasteiger charge is -2.32. The maximum atomic E-state index is 12.2. The summed E-state index contributed by atoms with van der Waals surface area (Å²) in [6.45, 7) is 1.21. The van der Waals surface area contributed by atoms with Gasteiger partial charge in [-0.1, -0.05) is 30.3 Å². The van der Waals surface area contributed by atoms with E-state index in [-0.39, 0.29) is 13.1 Å². The van der Waals surface area contributed by atoms with Gasteiger partial charge in [0, 0.05) is 46.2 Å². The van der Waals surface area contributed by atoms with E-state index in [0.29, 0.717) is 26.1 Å². The Kier molecular flexibility index (Phi) is 5.34. The molecule has 1 aliphatic rings. The first-order valence-electron chi connectivity index (χ1n) is 6.96. The van der Waals surface area contributed by atoms with Gasteiger partial charge in [0.2, 0.25) is 0 Å². The minimum absolute atomic E-state index is 0.0117. The molecule has 0 aliphatic carbocycles. The monoisotopic (exact) mass is 314 g/mol. The SMILES string of the molecule is CN(Cc1ccccc1)S(=O)(=O)NCC1(O)CCOCC1. The number of benzene rings is 1. The van der Waals surface area contributed by atoms with Crippen molar-refractivity contribution in [3.63, 3.8) is 0 Å². The second-order valence-corrected chi connectivity index (χ2v) is 7.27. The topological polar surface area (TPSA) is 78.9 Å². The van der Waals surface area contributed by atoms with Crippen molar-refractivity contribution in [3.05, 3.63) is 35.9 Å². The van der Waals surface area contributed by atoms with Crippen LogP contribution in [0.5, 0.6) is 0 Å². The van der Waals surface area contributed by atoms with Crippen molar-refractivity contribution >= 4 is 10.2 Å². The largest absolute Gasteiger partial charge is 0.388 e. The Labute approximate surface area is 125 Å². The quantitative estimate of drug-likeness (QED) is 0.801. The van der Waals surface area contributed by atoms with E-state index in [4.69, 9.17) is 4.74 Å². The number of nitrogens with one attached hydrogen (secondary N) is 1. The molecule has 1 fully saturated rings. The smallest absolute Gasteiger partial charge is 0.279 e. The van der Waals surface area contributed by atoms with E-state index in [0.717, 1.165) is 5.56 Å². The number of aliphatic hydroxyl groups is 1. The fourth-order valence-electron chi connectivity index (χ4n) is 2.19. The molecule has 7 heteroatoms. The van der Waals surface area contributed by atoms with Gasteiger partial charge in [0.05, 0.1) is 5.60 Å². The molecule has 0 aromatic heterocycles. The summed E-state index contributed by atoms with van der Waals surface area (Å²) in [4.78, 5) is 0. The predicted molar refractivity (Wildman–Crippen MR) is 79.8 cm³/mol. The molecule has 2 N–H and O–H groups in total. The van der Waals surface area contributed by atoms with Gasteiger partial charge in [-0.3, -0.25) is 0 Å². The van der Waals surface area contributed by atoms with Crippen LogP contribution in [0.15, 0.2) is 30.3 Å². The maximum Gasteiger partial charge on any atom is 0.279 e. The third-order valence-corrected chi connectivity index (χ3v) is 5.12. The lowest BCUT2D eigenvalue weighted by molar-refractivity contribution is -0.0590. The van der Waals surface area contributed by atoms with Crippen molar-refractivity contribution < 1.29 is 18.3 Å². The molecule has 1 aliphatic heterocycles. The van der Waals surface area contributed by atoms with Crippen LogP contribution in [-0.2, 0) is 21.5 Å². The van der Waals surface area contributed by atoms with Gasteiger partial charge in [-0.2, -0.15) is 17.4 Å². The van der Waals surface area contributed by atoms with Crippen molar-refractivity contribution in [2.45, 2.75) is 25.0 Å². The fourth-order valence-corrected chi connectivity index (χ4v) is 3.18. The second kappa shape index (κ2) is 6.85. The summed E-state index contributed by atoms with van der Waals surface area (Å²) < 4.78 is 33.3. The number of hydrogen-bond acceptors (Lipinski definition) is 4. The lowest BCUT2D eigenvalue weighted by Crippen LogP contribution is -2.49. The Morgan fingerprint density at radius 2 is 1.90 bits per heavy atom. The summed E-state index contributed by atoms with van der Waals surface area (Å²) in [7, 11) is -2.10. The molecule has 0 radical (unpaired) electrons. The third kappa shape index (κ3) is 4.76.